The molecule has 0 aromatic heterocycles. The highest BCUT2D eigenvalue weighted by Gasteiger charge is 2.25. The normalized spacial score (nSPS) is 18.2. The number of nitrogens with zero attached hydrogens (tertiary/aromatic N) is 1. The van der Waals surface area contributed by atoms with Crippen LogP contribution in [0.4, 0.5) is 4.39 Å². The van der Waals surface area contributed by atoms with Gasteiger partial charge in [-0.1, -0.05) is 31.5 Å². The molecule has 1 amide bonds. The van der Waals surface area contributed by atoms with Crippen molar-refractivity contribution in [2.75, 3.05) is 19.6 Å². The highest BCUT2D eigenvalue weighted by Crippen LogP contribution is 2.22. The van der Waals surface area contributed by atoms with Crippen molar-refractivity contribution < 1.29 is 9.18 Å². The number of nitrogens with one attached hydrogen (secondary N) is 1. The minimum Gasteiger partial charge on any atom is -0.337 e. The smallest absolute Gasteiger partial charge is 0.255 e. The Morgan fingerprint density at radius 2 is 2.29 bits per heavy atom. The molecule has 0 spiro atoms. The lowest BCUT2D eigenvalue weighted by Gasteiger charge is -2.28. The van der Waals surface area contributed by atoms with Gasteiger partial charge in [0, 0.05) is 19.1 Å². The van der Waals surface area contributed by atoms with Crippen LogP contribution in [0.2, 0.25) is 5.02 Å². The van der Waals surface area contributed by atoms with Crippen molar-refractivity contribution >= 4 is 17.5 Å². The van der Waals surface area contributed by atoms with Gasteiger partial charge in [-0.3, -0.25) is 4.79 Å². The molecule has 1 atom stereocenters. The number of carbonyl (C=O) groups is 1. The van der Waals surface area contributed by atoms with E-state index in [1.807, 2.05) is 0 Å². The molecule has 0 radical (unpaired) electrons. The molecular formula is C16H22ClFN2O. The second kappa shape index (κ2) is 7.23. The van der Waals surface area contributed by atoms with E-state index in [0.717, 1.165) is 19.4 Å². The van der Waals surface area contributed by atoms with Gasteiger partial charge in [0.2, 0.25) is 0 Å². The maximum atomic E-state index is 13.6. The molecule has 1 saturated heterocycles. The predicted octanol–water partition coefficient (Wildman–Crippen LogP) is 3.33. The third kappa shape index (κ3) is 4.17. The van der Waals surface area contributed by atoms with Crippen LogP contribution in [0.1, 0.15) is 37.0 Å². The van der Waals surface area contributed by atoms with Gasteiger partial charge >= 0.3 is 0 Å². The number of hydrogen-bond donors (Lipinski definition) is 1. The second-order valence-corrected chi connectivity index (χ2v) is 6.38. The van der Waals surface area contributed by atoms with Gasteiger partial charge in [-0.25, -0.2) is 4.39 Å². The fraction of sp³-hybridized carbons (Fsp3) is 0.562. The van der Waals surface area contributed by atoms with Gasteiger partial charge in [0.25, 0.3) is 5.91 Å². The summed E-state index contributed by atoms with van der Waals surface area (Å²) >= 11 is 5.95. The fourth-order valence-electron chi connectivity index (χ4n) is 2.70. The van der Waals surface area contributed by atoms with Gasteiger partial charge in [-0.05, 0) is 37.4 Å². The molecule has 0 saturated carbocycles. The van der Waals surface area contributed by atoms with E-state index >= 15 is 0 Å². The van der Waals surface area contributed by atoms with E-state index in [1.54, 1.807) is 11.0 Å². The molecule has 1 aliphatic rings. The standard InChI is InChI=1S/C16H22ClFN2O/c1-11(2)9-20(10-12-5-4-8-19-12)16(21)13-6-3-7-14(18)15(13)17/h3,6-7,11-12,19H,4-5,8-10H2,1-2H3. The van der Waals surface area contributed by atoms with Crippen molar-refractivity contribution in [3.63, 3.8) is 0 Å². The third-order valence-electron chi connectivity index (χ3n) is 3.66. The van der Waals surface area contributed by atoms with Crippen LogP contribution in [0.5, 0.6) is 0 Å². The van der Waals surface area contributed by atoms with Crippen molar-refractivity contribution in [2.45, 2.75) is 32.7 Å². The molecule has 1 fully saturated rings. The van der Waals surface area contributed by atoms with Crippen molar-refractivity contribution in [2.24, 2.45) is 5.92 Å². The Balaban J connectivity index is 2.18. The maximum absolute atomic E-state index is 13.6. The minimum absolute atomic E-state index is 0.0874. The van der Waals surface area contributed by atoms with Crippen LogP contribution in [0.15, 0.2) is 18.2 Å². The van der Waals surface area contributed by atoms with E-state index in [2.05, 4.69) is 19.2 Å². The lowest BCUT2D eigenvalue weighted by molar-refractivity contribution is 0.0721. The summed E-state index contributed by atoms with van der Waals surface area (Å²) < 4.78 is 13.6. The molecule has 1 aliphatic heterocycles. The van der Waals surface area contributed by atoms with E-state index in [9.17, 15) is 9.18 Å². The number of hydrogen-bond acceptors (Lipinski definition) is 2. The van der Waals surface area contributed by atoms with Crippen molar-refractivity contribution in [3.8, 4) is 0 Å². The Labute approximate surface area is 130 Å². The number of carbonyl (C=O) groups excluding carboxylic acids is 1. The minimum atomic E-state index is -0.550. The van der Waals surface area contributed by atoms with Crippen LogP contribution in [-0.4, -0.2) is 36.5 Å². The van der Waals surface area contributed by atoms with Crippen molar-refractivity contribution in [1.29, 1.82) is 0 Å². The second-order valence-electron chi connectivity index (χ2n) is 6.00. The monoisotopic (exact) mass is 312 g/mol. The molecule has 1 aromatic carbocycles. The highest BCUT2D eigenvalue weighted by atomic mass is 35.5. The largest absolute Gasteiger partial charge is 0.337 e. The zero-order valence-electron chi connectivity index (χ0n) is 12.5. The van der Waals surface area contributed by atoms with Crippen LogP contribution in [-0.2, 0) is 0 Å². The van der Waals surface area contributed by atoms with Crippen LogP contribution in [0.3, 0.4) is 0 Å². The molecule has 0 bridgehead atoms. The average molecular weight is 313 g/mol. The van der Waals surface area contributed by atoms with Crippen molar-refractivity contribution in [3.05, 3.63) is 34.6 Å². The summed E-state index contributed by atoms with van der Waals surface area (Å²) in [6.07, 6.45) is 2.20. The quantitative estimate of drug-likeness (QED) is 0.904. The van der Waals surface area contributed by atoms with E-state index in [-0.39, 0.29) is 16.5 Å². The maximum Gasteiger partial charge on any atom is 0.255 e. The molecule has 3 nitrogen and oxygen atoms in total. The van der Waals surface area contributed by atoms with Crippen LogP contribution in [0.25, 0.3) is 0 Å². The third-order valence-corrected chi connectivity index (χ3v) is 4.04. The Bertz CT molecular complexity index is 501. The van der Waals surface area contributed by atoms with Gasteiger partial charge < -0.3 is 10.2 Å². The zero-order valence-corrected chi connectivity index (χ0v) is 13.3. The van der Waals surface area contributed by atoms with Gasteiger partial charge in [0.15, 0.2) is 0 Å². The molecule has 5 heteroatoms. The van der Waals surface area contributed by atoms with Gasteiger partial charge in [0.05, 0.1) is 10.6 Å². The SMILES string of the molecule is CC(C)CN(CC1CCCN1)C(=O)c1cccc(F)c1Cl. The first-order valence-electron chi connectivity index (χ1n) is 7.45. The number of amides is 1. The Hall–Kier alpha value is -1.13. The zero-order chi connectivity index (χ0) is 15.4. The van der Waals surface area contributed by atoms with Crippen LogP contribution in [0, 0.1) is 11.7 Å². The molecule has 2 rings (SSSR count). The number of benzene rings is 1. The van der Waals surface area contributed by atoms with E-state index in [0.29, 0.717) is 25.0 Å². The van der Waals surface area contributed by atoms with E-state index in [4.69, 9.17) is 11.6 Å². The number of halogens is 2. The van der Waals surface area contributed by atoms with Gasteiger partial charge in [0.1, 0.15) is 5.82 Å². The number of rotatable bonds is 5. The predicted molar refractivity (Wildman–Crippen MR) is 83.2 cm³/mol. The molecule has 1 N–H and O–H groups in total. The Kier molecular flexibility index (Phi) is 5.59. The lowest BCUT2D eigenvalue weighted by Crippen LogP contribution is -2.43. The fourth-order valence-corrected chi connectivity index (χ4v) is 2.91. The summed E-state index contributed by atoms with van der Waals surface area (Å²) in [5.74, 6) is -0.393. The summed E-state index contributed by atoms with van der Waals surface area (Å²) in [7, 11) is 0. The lowest BCUT2D eigenvalue weighted by atomic mass is 10.1. The Morgan fingerprint density at radius 3 is 2.90 bits per heavy atom. The van der Waals surface area contributed by atoms with Crippen LogP contribution >= 0.6 is 11.6 Å². The van der Waals surface area contributed by atoms with Crippen LogP contribution < -0.4 is 5.32 Å². The van der Waals surface area contributed by atoms with E-state index in [1.165, 1.54) is 12.1 Å². The molecule has 0 aliphatic carbocycles. The molecule has 1 heterocycles. The highest BCUT2D eigenvalue weighted by molar-refractivity contribution is 6.34. The first kappa shape index (κ1) is 16.2. The summed E-state index contributed by atoms with van der Waals surface area (Å²) in [5.41, 5.74) is 0.246. The molecular weight excluding hydrogens is 291 g/mol. The average Bonchev–Trinajstić information content (AvgIpc) is 2.93. The molecule has 116 valence electrons. The molecule has 1 unspecified atom stereocenters. The molecule has 21 heavy (non-hydrogen) atoms. The van der Waals surface area contributed by atoms with E-state index < -0.39 is 5.82 Å². The summed E-state index contributed by atoms with van der Waals surface area (Å²) in [6, 6.07) is 4.70. The topological polar surface area (TPSA) is 32.3 Å². The molecule has 1 aromatic rings. The van der Waals surface area contributed by atoms with Crippen molar-refractivity contribution in [1.82, 2.24) is 10.2 Å². The summed E-state index contributed by atoms with van der Waals surface area (Å²) in [6.45, 7) is 6.41. The summed E-state index contributed by atoms with van der Waals surface area (Å²) in [4.78, 5) is 14.5. The first-order chi connectivity index (χ1) is 9.99. The van der Waals surface area contributed by atoms with Gasteiger partial charge in [-0.2, -0.15) is 0 Å². The van der Waals surface area contributed by atoms with Gasteiger partial charge in [-0.15, -0.1) is 0 Å². The summed E-state index contributed by atoms with van der Waals surface area (Å²) in [5, 5.41) is 3.30. The Morgan fingerprint density at radius 1 is 1.52 bits per heavy atom. The first-order valence-corrected chi connectivity index (χ1v) is 7.83.